The highest BCUT2D eigenvalue weighted by Gasteiger charge is 2.16. The predicted molar refractivity (Wildman–Crippen MR) is 128 cm³/mol. The number of nitrogens with one attached hydrogen (secondary N) is 1. The van der Waals surface area contributed by atoms with Crippen LogP contribution in [0, 0.1) is 24.1 Å². The lowest BCUT2D eigenvalue weighted by atomic mass is 10.0. The molecule has 6 nitrogen and oxygen atoms in total. The Morgan fingerprint density at radius 2 is 2.33 bits per heavy atom. The average Bonchev–Trinajstić information content (AvgIpc) is 2.93. The topological polar surface area (TPSA) is 78.2 Å². The summed E-state index contributed by atoms with van der Waals surface area (Å²) in [5, 5.41) is 12.6. The maximum absolute atomic E-state index is 13.9. The van der Waals surface area contributed by atoms with Crippen molar-refractivity contribution in [1.82, 2.24) is 9.88 Å². The van der Waals surface area contributed by atoms with Crippen molar-refractivity contribution in [3.05, 3.63) is 71.1 Å². The molecule has 0 aliphatic carbocycles. The van der Waals surface area contributed by atoms with Gasteiger partial charge in [0.2, 0.25) is 0 Å². The number of fused-ring (bicyclic) bond motifs is 1. The Kier molecular flexibility index (Phi) is 4.45. The zero-order chi connectivity index (χ0) is 32.6. The summed E-state index contributed by atoms with van der Waals surface area (Å²) in [4.78, 5) is 17.5. The number of carbonyl (C=O) groups is 1. The fourth-order valence-electron chi connectivity index (χ4n) is 2.92. The minimum absolute atomic E-state index is 0.0266. The van der Waals surface area contributed by atoms with Crippen molar-refractivity contribution in [2.24, 2.45) is 0 Å². The highest BCUT2D eigenvalue weighted by atomic mass is 19.1. The van der Waals surface area contributed by atoms with Crippen LogP contribution < -0.4 is 10.1 Å². The molecule has 0 bridgehead atoms. The number of nitriles is 1. The lowest BCUT2D eigenvalue weighted by Crippen LogP contribution is -2.11. The van der Waals surface area contributed by atoms with E-state index in [-0.39, 0.29) is 56.2 Å². The lowest BCUT2D eigenvalue weighted by Gasteiger charge is -2.15. The number of rotatable bonds is 9. The monoisotopic (exact) mass is 456 g/mol. The maximum atomic E-state index is 13.9. The second-order valence-electron chi connectivity index (χ2n) is 6.91. The summed E-state index contributed by atoms with van der Waals surface area (Å²) in [5.74, 6) is -1.95. The molecular formula is C26H27FN4O2. The van der Waals surface area contributed by atoms with E-state index in [1.54, 1.807) is 6.92 Å². The number of pyridine rings is 1. The van der Waals surface area contributed by atoms with Crippen LogP contribution in [0.3, 0.4) is 0 Å². The van der Waals surface area contributed by atoms with Crippen LogP contribution in [0.2, 0.25) is 0 Å². The molecule has 3 aromatic rings. The van der Waals surface area contributed by atoms with Gasteiger partial charge in [-0.3, -0.25) is 9.78 Å². The van der Waals surface area contributed by atoms with Gasteiger partial charge < -0.3 is 15.0 Å². The SMILES string of the molecule is [2H]/C(C(=O)Cc1c(OCC)c([2H])c2nc([2H])c(C#N)c(Nc3ccc(F)c(C)c3)c2c1[2H])=C(/[2H])C([2H])([2H])N(C)C([2H])([2H])[2H]. The molecule has 1 N–H and O–H groups in total. The quantitative estimate of drug-likeness (QED) is 0.460. The molecule has 3 rings (SSSR count). The fraction of sp³-hybridized carbons (Fsp3) is 0.269. The van der Waals surface area contributed by atoms with E-state index in [9.17, 15) is 14.4 Å². The Morgan fingerprint density at radius 1 is 1.52 bits per heavy atom. The van der Waals surface area contributed by atoms with Gasteiger partial charge in [0.25, 0.3) is 0 Å². The molecule has 170 valence electrons. The first kappa shape index (κ1) is 13.7. The minimum Gasteiger partial charge on any atom is -0.494 e. The van der Waals surface area contributed by atoms with Gasteiger partial charge in [0.15, 0.2) is 5.78 Å². The van der Waals surface area contributed by atoms with Crippen LogP contribution in [0.4, 0.5) is 15.8 Å². The van der Waals surface area contributed by atoms with Gasteiger partial charge in [-0.05, 0) is 63.7 Å². The van der Waals surface area contributed by atoms with Crippen molar-refractivity contribution in [2.45, 2.75) is 20.3 Å². The molecule has 0 radical (unpaired) electrons. The normalized spacial score (nSPS) is 17.0. The van der Waals surface area contributed by atoms with Gasteiger partial charge in [-0.2, -0.15) is 5.26 Å². The van der Waals surface area contributed by atoms with E-state index in [2.05, 4.69) is 10.3 Å². The van der Waals surface area contributed by atoms with Crippen molar-refractivity contribution in [3.8, 4) is 11.8 Å². The van der Waals surface area contributed by atoms with E-state index in [0.717, 1.165) is 7.05 Å². The summed E-state index contributed by atoms with van der Waals surface area (Å²) in [7, 11) is 0.877. The summed E-state index contributed by atoms with van der Waals surface area (Å²) in [6.45, 7) is -2.96. The molecule has 0 amide bonds. The molecule has 0 saturated heterocycles. The van der Waals surface area contributed by atoms with Crippen LogP contribution in [-0.2, 0) is 11.2 Å². The third-order valence-electron chi connectivity index (χ3n) is 4.39. The average molecular weight is 457 g/mol. The zero-order valence-corrected chi connectivity index (χ0v) is 18.2. The van der Waals surface area contributed by atoms with E-state index in [1.807, 2.05) is 6.07 Å². The van der Waals surface area contributed by atoms with E-state index in [0.29, 0.717) is 0 Å². The van der Waals surface area contributed by atoms with Crippen LogP contribution in [0.15, 0.2) is 48.6 Å². The molecule has 0 aliphatic rings. The van der Waals surface area contributed by atoms with Crippen LogP contribution in [0.25, 0.3) is 10.9 Å². The number of aromatic nitrogens is 1. The maximum Gasteiger partial charge on any atom is 0.159 e. The highest BCUT2D eigenvalue weighted by Crippen LogP contribution is 2.34. The van der Waals surface area contributed by atoms with Gasteiger partial charge in [0.05, 0.1) is 30.2 Å². The first-order chi connectivity index (χ1) is 19.9. The molecule has 0 unspecified atom stereocenters. The van der Waals surface area contributed by atoms with Gasteiger partial charge in [-0.15, -0.1) is 0 Å². The Bertz CT molecular complexity index is 1690. The smallest absolute Gasteiger partial charge is 0.159 e. The third kappa shape index (κ3) is 5.93. The largest absolute Gasteiger partial charge is 0.494 e. The van der Waals surface area contributed by atoms with E-state index < -0.39 is 61.9 Å². The fourth-order valence-corrected chi connectivity index (χ4v) is 2.92. The van der Waals surface area contributed by atoms with Gasteiger partial charge >= 0.3 is 0 Å². The molecule has 0 saturated carbocycles. The van der Waals surface area contributed by atoms with Gasteiger partial charge in [0.1, 0.15) is 17.6 Å². The van der Waals surface area contributed by atoms with Crippen LogP contribution in [0.5, 0.6) is 5.75 Å². The number of nitrogens with zero attached hydrogens (tertiary/aromatic N) is 3. The standard InChI is InChI=1S/C26H27FN4O2/c1-5-33-25-14-24-22(13-18(25)12-21(32)7-6-10-31(3)4)26(19(15-28)16-29-24)30-20-8-9-23(27)17(2)11-20/h6-9,11,13-14,16H,5,10,12H2,1-4H3,(H,29,30)/b7-6+/i3D3,6D,7D,10D2,13D,14D,16D. The van der Waals surface area contributed by atoms with E-state index in [1.165, 1.54) is 25.1 Å². The number of ether oxygens (including phenoxy) is 1. The summed E-state index contributed by atoms with van der Waals surface area (Å²) in [6.07, 6.45) is -1.35. The Morgan fingerprint density at radius 3 is 3.03 bits per heavy atom. The zero-order valence-electron chi connectivity index (χ0n) is 28.2. The number of anilines is 2. The molecule has 0 aliphatic heterocycles. The predicted octanol–water partition coefficient (Wildman–Crippen LogP) is 4.93. The number of likely N-dealkylation sites (N-methyl/N-ethyl adjacent to an activating group) is 1. The second kappa shape index (κ2) is 10.7. The van der Waals surface area contributed by atoms with Gasteiger partial charge in [0, 0.05) is 48.6 Å². The van der Waals surface area contributed by atoms with Crippen LogP contribution in [0.1, 0.15) is 37.3 Å². The van der Waals surface area contributed by atoms with Crippen molar-refractivity contribution < 1.29 is 27.6 Å². The second-order valence-corrected chi connectivity index (χ2v) is 6.91. The number of ketones is 1. The van der Waals surface area contributed by atoms with E-state index >= 15 is 0 Å². The summed E-state index contributed by atoms with van der Waals surface area (Å²) in [6, 6.07) is 2.51. The van der Waals surface area contributed by atoms with E-state index in [4.69, 9.17) is 18.4 Å². The number of aryl methyl sites for hydroxylation is 1. The molecule has 1 aromatic heterocycles. The first-order valence-corrected chi connectivity index (χ1v) is 9.85. The Hall–Kier alpha value is -3.76. The highest BCUT2D eigenvalue weighted by molar-refractivity contribution is 5.98. The molecular weight excluding hydrogens is 419 g/mol. The molecule has 1 heterocycles. The van der Waals surface area contributed by atoms with Crippen molar-refractivity contribution in [1.29, 1.82) is 5.26 Å². The first-order valence-electron chi connectivity index (χ1n) is 14.9. The molecule has 2 aromatic carbocycles. The third-order valence-corrected chi connectivity index (χ3v) is 4.39. The number of hydrogen-bond donors (Lipinski definition) is 1. The van der Waals surface area contributed by atoms with Crippen molar-refractivity contribution in [3.63, 3.8) is 0 Å². The Labute approximate surface area is 207 Å². The molecule has 0 spiro atoms. The summed E-state index contributed by atoms with van der Waals surface area (Å²) in [5.41, 5.74) is -0.330. The Balaban J connectivity index is 2.29. The number of benzene rings is 2. The number of hydrogen-bond acceptors (Lipinski definition) is 6. The van der Waals surface area contributed by atoms with Crippen molar-refractivity contribution >= 4 is 28.1 Å². The van der Waals surface area contributed by atoms with Crippen LogP contribution in [-0.4, -0.2) is 42.8 Å². The van der Waals surface area contributed by atoms with Crippen LogP contribution >= 0.6 is 0 Å². The van der Waals surface area contributed by atoms with Gasteiger partial charge in [-0.1, -0.05) is 6.05 Å². The lowest BCUT2D eigenvalue weighted by molar-refractivity contribution is -0.114. The molecule has 33 heavy (non-hydrogen) atoms. The summed E-state index contributed by atoms with van der Waals surface area (Å²) >= 11 is 0. The molecule has 0 atom stereocenters. The van der Waals surface area contributed by atoms with Crippen molar-refractivity contribution in [2.75, 3.05) is 32.4 Å². The summed E-state index contributed by atoms with van der Waals surface area (Å²) < 4.78 is 100. The number of halogens is 1. The minimum atomic E-state index is -3.03. The van der Waals surface area contributed by atoms with Gasteiger partial charge in [-0.25, -0.2) is 4.39 Å². The number of carbonyl (C=O) groups excluding carboxylic acids is 1. The molecule has 7 heteroatoms. The number of allylic oxidation sites excluding steroid dienone is 1. The molecule has 0 fully saturated rings.